The van der Waals surface area contributed by atoms with Crippen LogP contribution in [-0.2, 0) is 0 Å². The van der Waals surface area contributed by atoms with E-state index >= 15 is 0 Å². The lowest BCUT2D eigenvalue weighted by molar-refractivity contribution is 0.271. The molecule has 3 aromatic rings. The molecule has 0 saturated heterocycles. The molecule has 2 heterocycles. The molecule has 1 aromatic carbocycles. The number of H-pyrrole nitrogens is 1. The summed E-state index contributed by atoms with van der Waals surface area (Å²) >= 11 is 0. The summed E-state index contributed by atoms with van der Waals surface area (Å²) in [4.78, 5) is 19.3. The number of aliphatic hydroxyl groups is 1. The van der Waals surface area contributed by atoms with Gasteiger partial charge in [-0.25, -0.2) is 4.68 Å². The first-order valence-corrected chi connectivity index (χ1v) is 7.13. The van der Waals surface area contributed by atoms with Gasteiger partial charge in [-0.3, -0.25) is 9.78 Å². The first kappa shape index (κ1) is 14.3. The minimum Gasteiger partial charge on any atom is -0.394 e. The smallest absolute Gasteiger partial charge is 0.263 e. The molecule has 0 aliphatic carbocycles. The van der Waals surface area contributed by atoms with Gasteiger partial charge in [-0.15, -0.1) is 0 Å². The zero-order chi connectivity index (χ0) is 15.5. The lowest BCUT2D eigenvalue weighted by atomic mass is 10.2. The number of para-hydroxylation sites is 1. The molecule has 1 unspecified atom stereocenters. The molecular weight excluding hydrogens is 282 g/mol. The van der Waals surface area contributed by atoms with Gasteiger partial charge in [0.05, 0.1) is 24.5 Å². The van der Waals surface area contributed by atoms with Crippen molar-refractivity contribution < 1.29 is 5.11 Å². The summed E-state index contributed by atoms with van der Waals surface area (Å²) in [5.74, 6) is 0.330. The second-order valence-electron chi connectivity index (χ2n) is 4.98. The Balaban J connectivity index is 2.10. The molecule has 0 amide bonds. The van der Waals surface area contributed by atoms with Crippen molar-refractivity contribution in [2.24, 2.45) is 0 Å². The molecule has 0 aliphatic heterocycles. The highest BCUT2D eigenvalue weighted by atomic mass is 16.3. The van der Waals surface area contributed by atoms with Crippen molar-refractivity contribution in [1.29, 1.82) is 0 Å². The van der Waals surface area contributed by atoms with Gasteiger partial charge in [-0.05, 0) is 18.6 Å². The fourth-order valence-corrected chi connectivity index (χ4v) is 2.22. The number of rotatable bonds is 5. The van der Waals surface area contributed by atoms with Gasteiger partial charge in [0.15, 0.2) is 5.65 Å². The highest BCUT2D eigenvalue weighted by molar-refractivity contribution is 5.76. The van der Waals surface area contributed by atoms with Crippen LogP contribution in [0.3, 0.4) is 0 Å². The molecular formula is C15H17N5O2. The summed E-state index contributed by atoms with van der Waals surface area (Å²) in [6.07, 6.45) is 2.22. The number of aromatic nitrogens is 4. The summed E-state index contributed by atoms with van der Waals surface area (Å²) in [7, 11) is 0. The van der Waals surface area contributed by atoms with Gasteiger partial charge in [-0.1, -0.05) is 25.1 Å². The molecule has 0 fully saturated rings. The number of benzene rings is 1. The van der Waals surface area contributed by atoms with E-state index in [9.17, 15) is 9.90 Å². The Hall–Kier alpha value is -2.67. The van der Waals surface area contributed by atoms with Gasteiger partial charge in [0.1, 0.15) is 5.39 Å². The topological polar surface area (TPSA) is 95.8 Å². The molecule has 3 rings (SSSR count). The highest BCUT2D eigenvalue weighted by Crippen LogP contribution is 2.14. The third-order valence-electron chi connectivity index (χ3n) is 3.49. The average molecular weight is 299 g/mol. The van der Waals surface area contributed by atoms with Crippen LogP contribution in [0.4, 0.5) is 5.95 Å². The van der Waals surface area contributed by atoms with Gasteiger partial charge in [0, 0.05) is 0 Å². The quantitative estimate of drug-likeness (QED) is 0.660. The molecule has 0 saturated carbocycles. The van der Waals surface area contributed by atoms with Gasteiger partial charge in [0.25, 0.3) is 5.56 Å². The fraction of sp³-hybridized carbons (Fsp3) is 0.267. The number of anilines is 1. The van der Waals surface area contributed by atoms with Crippen LogP contribution in [0.15, 0.2) is 41.3 Å². The second-order valence-corrected chi connectivity index (χ2v) is 4.98. The van der Waals surface area contributed by atoms with Crippen LogP contribution in [-0.4, -0.2) is 37.5 Å². The Bertz CT molecular complexity index is 821. The monoisotopic (exact) mass is 299 g/mol. The lowest BCUT2D eigenvalue weighted by Gasteiger charge is -2.14. The standard InChI is InChI=1S/C15H17N5O2/c1-2-10(9-21)17-15-18-13-12(14(22)19-15)8-16-20(13)11-6-4-3-5-7-11/h3-8,10,21H,2,9H2,1H3,(H2,17,18,19,22). The summed E-state index contributed by atoms with van der Waals surface area (Å²) in [5, 5.41) is 17.0. The van der Waals surface area contributed by atoms with E-state index in [4.69, 9.17) is 0 Å². The molecule has 7 nitrogen and oxygen atoms in total. The Morgan fingerprint density at radius 1 is 1.36 bits per heavy atom. The first-order chi connectivity index (χ1) is 10.7. The molecule has 22 heavy (non-hydrogen) atoms. The van der Waals surface area contributed by atoms with Gasteiger partial charge >= 0.3 is 0 Å². The van der Waals surface area contributed by atoms with Crippen molar-refractivity contribution in [2.45, 2.75) is 19.4 Å². The van der Waals surface area contributed by atoms with E-state index in [0.29, 0.717) is 17.0 Å². The average Bonchev–Trinajstić information content (AvgIpc) is 2.98. The number of nitrogens with zero attached hydrogens (tertiary/aromatic N) is 3. The van der Waals surface area contributed by atoms with Crippen molar-refractivity contribution >= 4 is 17.0 Å². The Morgan fingerprint density at radius 2 is 2.14 bits per heavy atom. The van der Waals surface area contributed by atoms with E-state index in [1.165, 1.54) is 6.20 Å². The number of hydrogen-bond acceptors (Lipinski definition) is 5. The van der Waals surface area contributed by atoms with Crippen LogP contribution in [0.25, 0.3) is 16.7 Å². The van der Waals surface area contributed by atoms with Gasteiger partial charge < -0.3 is 10.4 Å². The maximum atomic E-state index is 12.2. The Morgan fingerprint density at radius 3 is 2.82 bits per heavy atom. The minimum atomic E-state index is -0.262. The number of aromatic amines is 1. The third kappa shape index (κ3) is 2.58. The summed E-state index contributed by atoms with van der Waals surface area (Å²) in [5.41, 5.74) is 1.04. The van der Waals surface area contributed by atoms with Crippen LogP contribution in [0.2, 0.25) is 0 Å². The molecule has 7 heteroatoms. The minimum absolute atomic E-state index is 0.0316. The van der Waals surface area contributed by atoms with Gasteiger partial charge in [0.2, 0.25) is 5.95 Å². The number of hydrogen-bond donors (Lipinski definition) is 3. The van der Waals surface area contributed by atoms with Crippen LogP contribution in [0.5, 0.6) is 0 Å². The summed E-state index contributed by atoms with van der Waals surface area (Å²) in [6.45, 7) is 1.91. The molecule has 0 spiro atoms. The molecule has 114 valence electrons. The van der Waals surface area contributed by atoms with E-state index in [-0.39, 0.29) is 18.2 Å². The molecule has 0 radical (unpaired) electrons. The summed E-state index contributed by atoms with van der Waals surface area (Å²) < 4.78 is 1.62. The Kier molecular flexibility index (Phi) is 3.88. The van der Waals surface area contributed by atoms with Crippen molar-refractivity contribution in [3.8, 4) is 5.69 Å². The SMILES string of the molecule is CCC(CO)Nc1nc2c(cnn2-c2ccccc2)c(=O)[nH]1. The van der Waals surface area contributed by atoms with E-state index in [1.54, 1.807) is 4.68 Å². The van der Waals surface area contributed by atoms with Crippen molar-refractivity contribution in [2.75, 3.05) is 11.9 Å². The maximum absolute atomic E-state index is 12.2. The van der Waals surface area contributed by atoms with Crippen LogP contribution < -0.4 is 10.9 Å². The number of fused-ring (bicyclic) bond motifs is 1. The van der Waals surface area contributed by atoms with Crippen LogP contribution in [0.1, 0.15) is 13.3 Å². The van der Waals surface area contributed by atoms with Crippen LogP contribution in [0, 0.1) is 0 Å². The third-order valence-corrected chi connectivity index (χ3v) is 3.49. The fourth-order valence-electron chi connectivity index (χ4n) is 2.22. The molecule has 2 aromatic heterocycles. The highest BCUT2D eigenvalue weighted by Gasteiger charge is 2.13. The first-order valence-electron chi connectivity index (χ1n) is 7.13. The predicted molar refractivity (Wildman–Crippen MR) is 84.3 cm³/mol. The zero-order valence-electron chi connectivity index (χ0n) is 12.2. The number of nitrogens with one attached hydrogen (secondary N) is 2. The lowest BCUT2D eigenvalue weighted by Crippen LogP contribution is -2.25. The second kappa shape index (κ2) is 5.98. The van der Waals surface area contributed by atoms with Crippen molar-refractivity contribution in [3.05, 3.63) is 46.9 Å². The largest absolute Gasteiger partial charge is 0.394 e. The number of aliphatic hydroxyl groups excluding tert-OH is 1. The van der Waals surface area contributed by atoms with Crippen molar-refractivity contribution in [1.82, 2.24) is 19.7 Å². The molecule has 3 N–H and O–H groups in total. The van der Waals surface area contributed by atoms with E-state index < -0.39 is 0 Å². The van der Waals surface area contributed by atoms with Crippen LogP contribution >= 0.6 is 0 Å². The van der Waals surface area contributed by atoms with Gasteiger partial charge in [-0.2, -0.15) is 10.1 Å². The molecule has 1 atom stereocenters. The van der Waals surface area contributed by atoms with E-state index in [1.807, 2.05) is 37.3 Å². The predicted octanol–water partition coefficient (Wildman–Crippen LogP) is 1.29. The Labute approximate surface area is 126 Å². The maximum Gasteiger partial charge on any atom is 0.263 e. The van der Waals surface area contributed by atoms with E-state index in [2.05, 4.69) is 20.4 Å². The molecule has 0 bridgehead atoms. The van der Waals surface area contributed by atoms with E-state index in [0.717, 1.165) is 12.1 Å². The normalized spacial score (nSPS) is 12.5. The molecule has 0 aliphatic rings. The zero-order valence-corrected chi connectivity index (χ0v) is 12.2. The van der Waals surface area contributed by atoms with Crippen molar-refractivity contribution in [3.63, 3.8) is 0 Å². The summed E-state index contributed by atoms with van der Waals surface area (Å²) in [6, 6.07) is 9.34.